The van der Waals surface area contributed by atoms with Gasteiger partial charge in [-0.3, -0.25) is 14.3 Å². The van der Waals surface area contributed by atoms with Crippen LogP contribution in [0.4, 0.5) is 0 Å². The Morgan fingerprint density at radius 3 is 2.62 bits per heavy atom. The van der Waals surface area contributed by atoms with Crippen molar-refractivity contribution in [1.82, 2.24) is 14.7 Å². The molecule has 0 spiro atoms. The number of rotatable bonds is 8. The SMILES string of the molecule is COc1ccc(CN(C(=O)Cn2ncc(=O)c3ccccc32)[C@H](C)Cc2cccs2)cc1. The van der Waals surface area contributed by atoms with Gasteiger partial charge in [0, 0.05) is 29.3 Å². The zero-order valence-electron chi connectivity index (χ0n) is 18.1. The van der Waals surface area contributed by atoms with E-state index in [1.807, 2.05) is 58.8 Å². The van der Waals surface area contributed by atoms with Gasteiger partial charge in [0.25, 0.3) is 0 Å². The third-order valence-corrected chi connectivity index (χ3v) is 6.39. The highest BCUT2D eigenvalue weighted by Gasteiger charge is 2.22. The molecule has 1 amide bonds. The summed E-state index contributed by atoms with van der Waals surface area (Å²) in [5.74, 6) is 0.730. The number of ether oxygens (including phenoxy) is 1. The first kappa shape index (κ1) is 21.8. The van der Waals surface area contributed by atoms with Gasteiger partial charge in [0.15, 0.2) is 0 Å². The molecule has 0 aliphatic carbocycles. The summed E-state index contributed by atoms with van der Waals surface area (Å²) in [5, 5.41) is 6.84. The van der Waals surface area contributed by atoms with Gasteiger partial charge in [0.2, 0.25) is 11.3 Å². The van der Waals surface area contributed by atoms with Gasteiger partial charge in [-0.1, -0.05) is 30.3 Å². The van der Waals surface area contributed by atoms with Crippen molar-refractivity contribution in [2.75, 3.05) is 7.11 Å². The maximum atomic E-state index is 13.5. The number of hydrogen-bond acceptors (Lipinski definition) is 5. The lowest BCUT2D eigenvalue weighted by Crippen LogP contribution is -2.41. The van der Waals surface area contributed by atoms with Crippen molar-refractivity contribution < 1.29 is 9.53 Å². The third-order valence-electron chi connectivity index (χ3n) is 5.49. The van der Waals surface area contributed by atoms with Crippen LogP contribution >= 0.6 is 11.3 Å². The first-order valence-corrected chi connectivity index (χ1v) is 11.3. The molecule has 2 heterocycles. The fourth-order valence-electron chi connectivity index (χ4n) is 3.75. The number of amides is 1. The topological polar surface area (TPSA) is 64.4 Å². The number of fused-ring (bicyclic) bond motifs is 1. The van der Waals surface area contributed by atoms with Crippen LogP contribution < -0.4 is 10.2 Å². The second kappa shape index (κ2) is 9.78. The van der Waals surface area contributed by atoms with Crippen LogP contribution in [-0.2, 0) is 24.3 Å². The number of benzene rings is 2. The largest absolute Gasteiger partial charge is 0.497 e. The van der Waals surface area contributed by atoms with Crippen LogP contribution in [0.1, 0.15) is 17.4 Å². The summed E-state index contributed by atoms with van der Waals surface area (Å²) in [7, 11) is 1.63. The quantitative estimate of drug-likeness (QED) is 0.407. The summed E-state index contributed by atoms with van der Waals surface area (Å²) in [6, 6.07) is 19.1. The second-order valence-electron chi connectivity index (χ2n) is 7.69. The molecule has 4 aromatic rings. The first-order chi connectivity index (χ1) is 15.5. The molecule has 32 heavy (non-hydrogen) atoms. The molecule has 1 atom stereocenters. The molecule has 0 aliphatic heterocycles. The van der Waals surface area contributed by atoms with Crippen molar-refractivity contribution in [1.29, 1.82) is 0 Å². The summed E-state index contributed by atoms with van der Waals surface area (Å²) in [6.45, 7) is 2.61. The molecule has 0 N–H and O–H groups in total. The number of thiophene rings is 1. The van der Waals surface area contributed by atoms with E-state index in [0.29, 0.717) is 17.4 Å². The van der Waals surface area contributed by atoms with Gasteiger partial charge in [0.05, 0.1) is 18.8 Å². The van der Waals surface area contributed by atoms with Crippen molar-refractivity contribution >= 4 is 28.1 Å². The number of para-hydroxylation sites is 1. The number of nitrogens with zero attached hydrogens (tertiary/aromatic N) is 3. The predicted molar refractivity (Wildman–Crippen MR) is 127 cm³/mol. The average molecular weight is 448 g/mol. The van der Waals surface area contributed by atoms with Gasteiger partial charge < -0.3 is 9.64 Å². The number of carbonyl (C=O) groups is 1. The van der Waals surface area contributed by atoms with Crippen LogP contribution in [0.25, 0.3) is 10.9 Å². The van der Waals surface area contributed by atoms with Crippen LogP contribution in [0, 0.1) is 0 Å². The van der Waals surface area contributed by atoms with Crippen molar-refractivity contribution in [2.45, 2.75) is 32.5 Å². The van der Waals surface area contributed by atoms with Crippen LogP contribution in [0.3, 0.4) is 0 Å². The van der Waals surface area contributed by atoms with E-state index >= 15 is 0 Å². The summed E-state index contributed by atoms with van der Waals surface area (Å²) < 4.78 is 6.86. The van der Waals surface area contributed by atoms with E-state index in [2.05, 4.69) is 18.1 Å². The zero-order valence-corrected chi connectivity index (χ0v) is 18.9. The second-order valence-corrected chi connectivity index (χ2v) is 8.72. The average Bonchev–Trinajstić information content (AvgIpc) is 3.32. The zero-order chi connectivity index (χ0) is 22.5. The highest BCUT2D eigenvalue weighted by Crippen LogP contribution is 2.19. The van der Waals surface area contributed by atoms with Gasteiger partial charge in [-0.05, 0) is 48.2 Å². The van der Waals surface area contributed by atoms with E-state index in [4.69, 9.17) is 4.74 Å². The van der Waals surface area contributed by atoms with Crippen molar-refractivity contribution in [2.24, 2.45) is 0 Å². The molecule has 0 fully saturated rings. The summed E-state index contributed by atoms with van der Waals surface area (Å²) >= 11 is 1.69. The highest BCUT2D eigenvalue weighted by molar-refractivity contribution is 7.09. The fourth-order valence-corrected chi connectivity index (χ4v) is 4.58. The Morgan fingerprint density at radius 1 is 1.12 bits per heavy atom. The number of hydrogen-bond donors (Lipinski definition) is 0. The van der Waals surface area contributed by atoms with Crippen LogP contribution in [0.15, 0.2) is 77.0 Å². The monoisotopic (exact) mass is 447 g/mol. The minimum atomic E-state index is -0.148. The van der Waals surface area contributed by atoms with Crippen molar-refractivity contribution in [3.8, 4) is 5.75 Å². The smallest absolute Gasteiger partial charge is 0.244 e. The molecule has 4 rings (SSSR count). The van der Waals surface area contributed by atoms with Gasteiger partial charge in [-0.25, -0.2) is 0 Å². The molecule has 0 aliphatic rings. The molecule has 2 aromatic heterocycles. The molecule has 0 radical (unpaired) electrons. The Hall–Kier alpha value is -3.45. The van der Waals surface area contributed by atoms with Crippen molar-refractivity contribution in [3.05, 3.63) is 92.9 Å². The lowest BCUT2D eigenvalue weighted by Gasteiger charge is -2.30. The normalized spacial score (nSPS) is 11.9. The first-order valence-electron chi connectivity index (χ1n) is 10.4. The molecular formula is C25H25N3O3S. The fraction of sp³-hybridized carbons (Fsp3) is 0.240. The summed E-state index contributed by atoms with van der Waals surface area (Å²) in [6.07, 6.45) is 2.05. The summed E-state index contributed by atoms with van der Waals surface area (Å²) in [5.41, 5.74) is 1.53. The molecular weight excluding hydrogens is 422 g/mol. The Labute approximate surface area is 190 Å². The maximum absolute atomic E-state index is 13.5. The Morgan fingerprint density at radius 2 is 1.91 bits per heavy atom. The number of carbonyl (C=O) groups excluding carboxylic acids is 1. The van der Waals surface area contributed by atoms with E-state index in [9.17, 15) is 9.59 Å². The molecule has 0 saturated carbocycles. The highest BCUT2D eigenvalue weighted by atomic mass is 32.1. The standard InChI is InChI=1S/C25H25N3O3S/c1-18(14-21-6-5-13-32-21)27(16-19-9-11-20(31-2)12-10-19)25(30)17-28-23-8-4-3-7-22(23)24(29)15-26-28/h3-13,15,18H,14,16-17H2,1-2H3/t18-/m1/s1. The molecule has 7 heteroatoms. The molecule has 2 aromatic carbocycles. The summed E-state index contributed by atoms with van der Waals surface area (Å²) in [4.78, 5) is 28.8. The van der Waals surface area contributed by atoms with Crippen LogP contribution in [0.5, 0.6) is 5.75 Å². The third kappa shape index (κ3) is 4.89. The number of methoxy groups -OCH3 is 1. The van der Waals surface area contributed by atoms with Crippen LogP contribution in [-0.4, -0.2) is 33.7 Å². The van der Waals surface area contributed by atoms with Crippen LogP contribution in [0.2, 0.25) is 0 Å². The Bertz CT molecular complexity index is 1250. The van der Waals surface area contributed by atoms with E-state index in [-0.39, 0.29) is 23.9 Å². The minimum absolute atomic E-state index is 0.00565. The maximum Gasteiger partial charge on any atom is 0.244 e. The Kier molecular flexibility index (Phi) is 6.66. The molecule has 0 saturated heterocycles. The Balaban J connectivity index is 1.61. The van der Waals surface area contributed by atoms with E-state index in [1.54, 1.807) is 29.2 Å². The number of aromatic nitrogens is 2. The van der Waals surface area contributed by atoms with Crippen molar-refractivity contribution in [3.63, 3.8) is 0 Å². The van der Waals surface area contributed by atoms with E-state index in [0.717, 1.165) is 17.7 Å². The van der Waals surface area contributed by atoms with Gasteiger partial charge in [0.1, 0.15) is 12.3 Å². The molecule has 0 unspecified atom stereocenters. The minimum Gasteiger partial charge on any atom is -0.497 e. The van der Waals surface area contributed by atoms with Gasteiger partial charge >= 0.3 is 0 Å². The molecule has 164 valence electrons. The predicted octanol–water partition coefficient (Wildman–Crippen LogP) is 4.13. The van der Waals surface area contributed by atoms with E-state index in [1.165, 1.54) is 11.1 Å². The molecule has 0 bridgehead atoms. The lowest BCUT2D eigenvalue weighted by molar-refractivity contribution is -0.134. The lowest BCUT2D eigenvalue weighted by atomic mass is 10.1. The van der Waals surface area contributed by atoms with Gasteiger partial charge in [-0.15, -0.1) is 11.3 Å². The van der Waals surface area contributed by atoms with Gasteiger partial charge in [-0.2, -0.15) is 5.10 Å². The molecule has 6 nitrogen and oxygen atoms in total. The van der Waals surface area contributed by atoms with E-state index < -0.39 is 0 Å².